The van der Waals surface area contributed by atoms with Gasteiger partial charge in [-0.05, 0) is 18.6 Å². The zero-order valence-corrected chi connectivity index (χ0v) is 9.57. The van der Waals surface area contributed by atoms with Crippen LogP contribution in [0.2, 0.25) is 0 Å². The molecule has 1 atom stereocenters. The van der Waals surface area contributed by atoms with E-state index in [1.165, 1.54) is 4.90 Å². The molecule has 0 bridgehead atoms. The maximum absolute atomic E-state index is 13.7. The van der Waals surface area contributed by atoms with Gasteiger partial charge in [0, 0.05) is 25.6 Å². The molecule has 1 aliphatic heterocycles. The van der Waals surface area contributed by atoms with Crippen molar-refractivity contribution >= 4 is 11.7 Å². The average molecular weight is 257 g/mol. The van der Waals surface area contributed by atoms with Crippen LogP contribution < -0.4 is 4.90 Å². The second kappa shape index (κ2) is 4.89. The van der Waals surface area contributed by atoms with E-state index >= 15 is 0 Å². The molecule has 0 aliphatic carbocycles. The number of rotatable bonds is 3. The highest BCUT2D eigenvalue weighted by Gasteiger charge is 2.27. The summed E-state index contributed by atoms with van der Waals surface area (Å²) in [5.74, 6) is -3.13. The molecule has 0 amide bonds. The number of carbonyl (C=O) groups is 1. The Labute approximate surface area is 102 Å². The molecular weight excluding hydrogens is 244 g/mol. The van der Waals surface area contributed by atoms with Crippen LogP contribution in [0, 0.1) is 17.6 Å². The largest absolute Gasteiger partial charge is 0.478 e. The number of hydrogen-bond donors (Lipinski definition) is 2. The summed E-state index contributed by atoms with van der Waals surface area (Å²) in [6, 6.07) is 1.63. The molecule has 0 aromatic heterocycles. The van der Waals surface area contributed by atoms with E-state index in [4.69, 9.17) is 10.2 Å². The van der Waals surface area contributed by atoms with Crippen molar-refractivity contribution in [3.8, 4) is 0 Å². The lowest BCUT2D eigenvalue weighted by Crippen LogP contribution is -2.23. The Bertz CT molecular complexity index is 455. The quantitative estimate of drug-likeness (QED) is 0.861. The van der Waals surface area contributed by atoms with E-state index < -0.39 is 23.2 Å². The normalized spacial score (nSPS) is 19.3. The van der Waals surface area contributed by atoms with E-state index in [-0.39, 0.29) is 18.2 Å². The Morgan fingerprint density at radius 1 is 1.39 bits per heavy atom. The molecule has 1 unspecified atom stereocenters. The van der Waals surface area contributed by atoms with Crippen molar-refractivity contribution in [1.82, 2.24) is 0 Å². The SMILES string of the molecule is O=C(O)c1cc(F)c(N2CCC(CO)C2)c(F)c1. The van der Waals surface area contributed by atoms with Crippen molar-refractivity contribution in [2.75, 3.05) is 24.6 Å². The summed E-state index contributed by atoms with van der Waals surface area (Å²) in [5.41, 5.74) is -0.623. The van der Waals surface area contributed by atoms with Crippen LogP contribution >= 0.6 is 0 Å². The van der Waals surface area contributed by atoms with E-state index in [9.17, 15) is 13.6 Å². The number of anilines is 1. The van der Waals surface area contributed by atoms with Gasteiger partial charge >= 0.3 is 5.97 Å². The van der Waals surface area contributed by atoms with Gasteiger partial charge in [-0.15, -0.1) is 0 Å². The number of aliphatic hydroxyl groups is 1. The summed E-state index contributed by atoms with van der Waals surface area (Å²) in [6.45, 7) is 0.801. The summed E-state index contributed by atoms with van der Waals surface area (Å²) < 4.78 is 27.5. The van der Waals surface area contributed by atoms with Gasteiger partial charge in [0.1, 0.15) is 17.3 Å². The fourth-order valence-electron chi connectivity index (χ4n) is 2.18. The zero-order valence-electron chi connectivity index (χ0n) is 9.57. The minimum Gasteiger partial charge on any atom is -0.478 e. The van der Waals surface area contributed by atoms with E-state index in [1.807, 2.05) is 0 Å². The van der Waals surface area contributed by atoms with Crippen LogP contribution in [-0.4, -0.2) is 35.9 Å². The summed E-state index contributed by atoms with van der Waals surface area (Å²) in [6.07, 6.45) is 0.663. The molecule has 0 spiro atoms. The van der Waals surface area contributed by atoms with Gasteiger partial charge in [0.25, 0.3) is 0 Å². The van der Waals surface area contributed by atoms with Crippen LogP contribution in [-0.2, 0) is 0 Å². The molecule has 1 heterocycles. The maximum atomic E-state index is 13.7. The molecule has 4 nitrogen and oxygen atoms in total. The fraction of sp³-hybridized carbons (Fsp3) is 0.417. The minimum atomic E-state index is -1.37. The molecule has 1 aromatic rings. The number of aliphatic hydroxyl groups excluding tert-OH is 1. The molecular formula is C12H13F2NO3. The Morgan fingerprint density at radius 3 is 2.44 bits per heavy atom. The summed E-state index contributed by atoms with van der Waals surface area (Å²) >= 11 is 0. The number of carboxylic acid groups (broad SMARTS) is 1. The first-order valence-electron chi connectivity index (χ1n) is 5.61. The zero-order chi connectivity index (χ0) is 13.3. The highest BCUT2D eigenvalue weighted by molar-refractivity contribution is 5.88. The molecule has 1 aromatic carbocycles. The lowest BCUT2D eigenvalue weighted by molar-refractivity contribution is 0.0695. The fourth-order valence-corrected chi connectivity index (χ4v) is 2.18. The Morgan fingerprint density at radius 2 is 2.00 bits per heavy atom. The molecule has 98 valence electrons. The second-order valence-corrected chi connectivity index (χ2v) is 4.38. The van der Waals surface area contributed by atoms with Crippen LogP contribution in [0.5, 0.6) is 0 Å². The first kappa shape index (κ1) is 12.8. The maximum Gasteiger partial charge on any atom is 0.335 e. The minimum absolute atomic E-state index is 0.00273. The van der Waals surface area contributed by atoms with Crippen LogP contribution in [0.25, 0.3) is 0 Å². The highest BCUT2D eigenvalue weighted by atomic mass is 19.1. The Hall–Kier alpha value is -1.69. The third kappa shape index (κ3) is 2.28. The first-order chi connectivity index (χ1) is 8.52. The number of nitrogens with zero attached hydrogens (tertiary/aromatic N) is 1. The number of aromatic carboxylic acids is 1. The smallest absolute Gasteiger partial charge is 0.335 e. The van der Waals surface area contributed by atoms with Gasteiger partial charge in [-0.2, -0.15) is 0 Å². The lowest BCUT2D eigenvalue weighted by atomic mass is 10.1. The topological polar surface area (TPSA) is 60.8 Å². The van der Waals surface area contributed by atoms with E-state index in [1.54, 1.807) is 0 Å². The van der Waals surface area contributed by atoms with Gasteiger partial charge in [-0.1, -0.05) is 0 Å². The molecule has 1 fully saturated rings. The van der Waals surface area contributed by atoms with Crippen molar-refractivity contribution < 1.29 is 23.8 Å². The Kier molecular flexibility index (Phi) is 3.47. The van der Waals surface area contributed by atoms with E-state index in [0.717, 1.165) is 12.1 Å². The van der Waals surface area contributed by atoms with Crippen molar-refractivity contribution in [3.63, 3.8) is 0 Å². The molecule has 1 aliphatic rings. The first-order valence-corrected chi connectivity index (χ1v) is 5.61. The molecule has 2 N–H and O–H groups in total. The number of hydrogen-bond acceptors (Lipinski definition) is 3. The van der Waals surface area contributed by atoms with Crippen LogP contribution in [0.15, 0.2) is 12.1 Å². The van der Waals surface area contributed by atoms with Gasteiger partial charge < -0.3 is 15.1 Å². The predicted molar refractivity (Wildman–Crippen MR) is 60.7 cm³/mol. The number of halogens is 2. The monoisotopic (exact) mass is 257 g/mol. The van der Waals surface area contributed by atoms with Crippen LogP contribution in [0.3, 0.4) is 0 Å². The van der Waals surface area contributed by atoms with Crippen molar-refractivity contribution in [2.45, 2.75) is 6.42 Å². The molecule has 0 radical (unpaired) electrons. The van der Waals surface area contributed by atoms with Gasteiger partial charge in [0.05, 0.1) is 5.56 Å². The standard InChI is InChI=1S/C12H13F2NO3/c13-9-3-8(12(17)18)4-10(14)11(9)15-2-1-7(5-15)6-16/h3-4,7,16H,1-2,5-6H2,(H,17,18). The summed E-state index contributed by atoms with van der Waals surface area (Å²) in [5, 5.41) is 17.7. The van der Waals surface area contributed by atoms with Crippen LogP contribution in [0.4, 0.5) is 14.5 Å². The number of benzene rings is 1. The molecule has 18 heavy (non-hydrogen) atoms. The van der Waals surface area contributed by atoms with Gasteiger partial charge in [-0.3, -0.25) is 0 Å². The summed E-state index contributed by atoms with van der Waals surface area (Å²) in [7, 11) is 0. The van der Waals surface area contributed by atoms with Crippen molar-refractivity contribution in [1.29, 1.82) is 0 Å². The molecule has 2 rings (SSSR count). The van der Waals surface area contributed by atoms with Gasteiger partial charge in [-0.25, -0.2) is 13.6 Å². The third-order valence-electron chi connectivity index (χ3n) is 3.12. The predicted octanol–water partition coefficient (Wildman–Crippen LogP) is 1.48. The second-order valence-electron chi connectivity index (χ2n) is 4.38. The van der Waals surface area contributed by atoms with Gasteiger partial charge in [0.15, 0.2) is 0 Å². The van der Waals surface area contributed by atoms with E-state index in [2.05, 4.69) is 0 Å². The van der Waals surface area contributed by atoms with Crippen molar-refractivity contribution in [3.05, 3.63) is 29.3 Å². The molecule has 1 saturated heterocycles. The van der Waals surface area contributed by atoms with Gasteiger partial charge in [0.2, 0.25) is 0 Å². The Balaban J connectivity index is 2.32. The summed E-state index contributed by atoms with van der Waals surface area (Å²) in [4.78, 5) is 12.2. The average Bonchev–Trinajstić information content (AvgIpc) is 2.76. The highest BCUT2D eigenvalue weighted by Crippen LogP contribution is 2.29. The third-order valence-corrected chi connectivity index (χ3v) is 3.12. The van der Waals surface area contributed by atoms with Crippen LogP contribution in [0.1, 0.15) is 16.8 Å². The molecule has 6 heteroatoms. The molecule has 0 saturated carbocycles. The number of carboxylic acids is 1. The van der Waals surface area contributed by atoms with E-state index in [0.29, 0.717) is 19.5 Å². The van der Waals surface area contributed by atoms with Crippen molar-refractivity contribution in [2.24, 2.45) is 5.92 Å². The lowest BCUT2D eigenvalue weighted by Gasteiger charge is -2.20.